The fraction of sp³-hybridized carbons (Fsp3) is 0.714. The number of carbonyl (C=O) groups excluding carboxylic acids is 1. The Morgan fingerprint density at radius 2 is 1.78 bits per heavy atom. The number of hydrogen-bond acceptors (Lipinski definition) is 1. The van der Waals surface area contributed by atoms with Crippen LogP contribution in [0.5, 0.6) is 0 Å². The first-order chi connectivity index (χ1) is 3.85. The molecule has 0 aliphatic heterocycles. The largest absolute Gasteiger partial charge is 0.341 e. The molecule has 9 heavy (non-hydrogen) atoms. The number of hydrogen-bond donors (Lipinski definition) is 0. The van der Waals surface area contributed by atoms with Gasteiger partial charge in [0.15, 0.2) is 0 Å². The summed E-state index contributed by atoms with van der Waals surface area (Å²) in [5.41, 5.74) is -0.0984. The topological polar surface area (TPSA) is 20.3 Å². The molecule has 0 N–H and O–H groups in total. The Morgan fingerprint density at radius 1 is 1.44 bits per heavy atom. The normalized spacial score (nSPS) is 11.2. The summed E-state index contributed by atoms with van der Waals surface area (Å²) < 4.78 is 0. The first kappa shape index (κ1) is 8.47. The Hall–Kier alpha value is -0.530. The van der Waals surface area contributed by atoms with E-state index < -0.39 is 0 Å². The summed E-state index contributed by atoms with van der Waals surface area (Å²) in [4.78, 5) is 12.2. The van der Waals surface area contributed by atoms with Crippen molar-refractivity contribution in [1.29, 1.82) is 0 Å². The van der Waals surface area contributed by atoms with Crippen LogP contribution in [-0.2, 0) is 4.79 Å². The highest BCUT2D eigenvalue weighted by molar-refractivity contribution is 5.80. The van der Waals surface area contributed by atoms with E-state index in [4.69, 9.17) is 0 Å². The van der Waals surface area contributed by atoms with E-state index in [2.05, 4.69) is 6.92 Å². The van der Waals surface area contributed by atoms with E-state index in [0.717, 1.165) is 0 Å². The zero-order valence-corrected chi connectivity index (χ0v) is 6.56. The molecule has 2 heteroatoms. The summed E-state index contributed by atoms with van der Waals surface area (Å²) in [6.07, 6.45) is 0. The third-order valence-corrected chi connectivity index (χ3v) is 1.38. The number of nitrogens with zero attached hydrogens (tertiary/aromatic N) is 1. The molecule has 0 aromatic carbocycles. The maximum Gasteiger partial charge on any atom is 0.223 e. The number of carbonyl (C=O) groups is 1. The van der Waals surface area contributed by atoms with Crippen molar-refractivity contribution in [3.63, 3.8) is 0 Å². The monoisotopic (exact) mass is 128 g/mol. The van der Waals surface area contributed by atoms with Crippen molar-refractivity contribution in [2.45, 2.75) is 26.3 Å². The van der Waals surface area contributed by atoms with Crippen LogP contribution in [0.4, 0.5) is 0 Å². The molecule has 0 fully saturated rings. The summed E-state index contributed by atoms with van der Waals surface area (Å²) in [6.45, 7) is 9.20. The van der Waals surface area contributed by atoms with Gasteiger partial charge < -0.3 is 4.90 Å². The molecule has 0 aromatic rings. The fourth-order valence-corrected chi connectivity index (χ4v) is 0.374. The second-order valence-electron chi connectivity index (χ2n) is 3.12. The minimum absolute atomic E-state index is 0.0984. The Bertz CT molecular complexity index is 113. The van der Waals surface area contributed by atoms with Gasteiger partial charge in [-0.25, -0.2) is 0 Å². The predicted octanol–water partition coefficient (Wildman–Crippen LogP) is 1.08. The van der Waals surface area contributed by atoms with Gasteiger partial charge in [-0.15, -0.1) is 0 Å². The van der Waals surface area contributed by atoms with Crippen LogP contribution < -0.4 is 0 Å². The lowest BCUT2D eigenvalue weighted by Crippen LogP contribution is -2.41. The van der Waals surface area contributed by atoms with Crippen molar-refractivity contribution in [3.05, 3.63) is 6.92 Å². The van der Waals surface area contributed by atoms with Gasteiger partial charge in [0, 0.05) is 19.5 Å². The Balaban J connectivity index is 4.04. The minimum Gasteiger partial charge on any atom is -0.341 e. The molecule has 0 aliphatic rings. The number of rotatable bonds is 0. The Morgan fingerprint density at radius 3 is 1.78 bits per heavy atom. The molecule has 0 aliphatic carbocycles. The lowest BCUT2D eigenvalue weighted by Gasteiger charge is -2.30. The molecule has 0 saturated carbocycles. The average Bonchev–Trinajstić information content (AvgIpc) is 1.62. The van der Waals surface area contributed by atoms with Crippen LogP contribution in [-0.4, -0.2) is 23.4 Å². The first-order valence-electron chi connectivity index (χ1n) is 2.95. The van der Waals surface area contributed by atoms with Crippen LogP contribution in [0.1, 0.15) is 20.8 Å². The Kier molecular flexibility index (Phi) is 2.24. The lowest BCUT2D eigenvalue weighted by molar-refractivity contribution is -0.129. The summed E-state index contributed by atoms with van der Waals surface area (Å²) in [6, 6.07) is 0. The van der Waals surface area contributed by atoms with Crippen LogP contribution in [0.15, 0.2) is 0 Å². The molecular weight excluding hydrogens is 114 g/mol. The zero-order chi connectivity index (χ0) is 7.65. The van der Waals surface area contributed by atoms with Crippen LogP contribution in [0.25, 0.3) is 0 Å². The summed E-state index contributed by atoms with van der Waals surface area (Å²) in [5, 5.41) is 0. The molecule has 0 heterocycles. The first-order valence-corrected chi connectivity index (χ1v) is 2.95. The molecule has 0 bridgehead atoms. The SMILES string of the molecule is [CH2]C(=O)N(C)C(C)(C)C. The van der Waals surface area contributed by atoms with Crippen molar-refractivity contribution >= 4 is 5.91 Å². The van der Waals surface area contributed by atoms with Gasteiger partial charge in [-0.3, -0.25) is 4.79 Å². The van der Waals surface area contributed by atoms with Crippen LogP contribution >= 0.6 is 0 Å². The molecule has 0 rings (SSSR count). The second kappa shape index (κ2) is 2.38. The molecule has 2 nitrogen and oxygen atoms in total. The van der Waals surface area contributed by atoms with Gasteiger partial charge in [0.05, 0.1) is 0 Å². The molecule has 53 valence electrons. The van der Waals surface area contributed by atoms with Gasteiger partial charge in [-0.1, -0.05) is 0 Å². The van der Waals surface area contributed by atoms with E-state index in [0.29, 0.717) is 0 Å². The standard InChI is InChI=1S/C7H14NO/c1-6(9)8(5)7(2,3)4/h1H2,2-5H3. The number of amides is 1. The van der Waals surface area contributed by atoms with Crippen molar-refractivity contribution in [1.82, 2.24) is 4.90 Å². The Labute approximate surface area is 56.9 Å². The molecule has 0 atom stereocenters. The maximum atomic E-state index is 10.6. The predicted molar refractivity (Wildman–Crippen MR) is 37.9 cm³/mol. The summed E-state index contributed by atoms with van der Waals surface area (Å²) >= 11 is 0. The molecule has 0 aromatic heterocycles. The van der Waals surface area contributed by atoms with Gasteiger partial charge in [-0.05, 0) is 20.8 Å². The third kappa shape index (κ3) is 2.49. The highest BCUT2D eigenvalue weighted by Gasteiger charge is 2.18. The quantitative estimate of drug-likeness (QED) is 0.478. The zero-order valence-electron chi connectivity index (χ0n) is 6.56. The van der Waals surface area contributed by atoms with Crippen molar-refractivity contribution < 1.29 is 4.79 Å². The van der Waals surface area contributed by atoms with Crippen LogP contribution in [0.2, 0.25) is 0 Å². The fourth-order valence-electron chi connectivity index (χ4n) is 0.374. The van der Waals surface area contributed by atoms with Gasteiger partial charge in [0.2, 0.25) is 5.91 Å². The molecule has 0 saturated heterocycles. The van der Waals surface area contributed by atoms with E-state index in [1.807, 2.05) is 20.8 Å². The molecule has 1 amide bonds. The van der Waals surface area contributed by atoms with Gasteiger partial charge >= 0.3 is 0 Å². The highest BCUT2D eigenvalue weighted by Crippen LogP contribution is 2.09. The van der Waals surface area contributed by atoms with Crippen molar-refractivity contribution in [2.24, 2.45) is 0 Å². The van der Waals surface area contributed by atoms with E-state index in [-0.39, 0.29) is 11.4 Å². The minimum atomic E-state index is -0.137. The highest BCUT2D eigenvalue weighted by atomic mass is 16.2. The molecule has 0 unspecified atom stereocenters. The molecule has 1 radical (unpaired) electrons. The van der Waals surface area contributed by atoms with E-state index in [1.165, 1.54) is 0 Å². The summed E-state index contributed by atoms with van der Waals surface area (Å²) in [5.74, 6) is -0.137. The van der Waals surface area contributed by atoms with Crippen LogP contribution in [0.3, 0.4) is 0 Å². The van der Waals surface area contributed by atoms with Gasteiger partial charge in [-0.2, -0.15) is 0 Å². The second-order valence-corrected chi connectivity index (χ2v) is 3.12. The lowest BCUT2D eigenvalue weighted by atomic mass is 10.1. The smallest absolute Gasteiger partial charge is 0.223 e. The van der Waals surface area contributed by atoms with Gasteiger partial charge in [0.1, 0.15) is 0 Å². The van der Waals surface area contributed by atoms with Crippen LogP contribution in [0, 0.1) is 6.92 Å². The maximum absolute atomic E-state index is 10.6. The third-order valence-electron chi connectivity index (χ3n) is 1.38. The van der Waals surface area contributed by atoms with Crippen molar-refractivity contribution in [2.75, 3.05) is 7.05 Å². The van der Waals surface area contributed by atoms with Crippen molar-refractivity contribution in [3.8, 4) is 0 Å². The summed E-state index contributed by atoms with van der Waals surface area (Å²) in [7, 11) is 1.75. The van der Waals surface area contributed by atoms with E-state index >= 15 is 0 Å². The van der Waals surface area contributed by atoms with Gasteiger partial charge in [0.25, 0.3) is 0 Å². The molecular formula is C7H14NO. The molecule has 0 spiro atoms. The average molecular weight is 128 g/mol. The van der Waals surface area contributed by atoms with E-state index in [9.17, 15) is 4.79 Å². The van der Waals surface area contributed by atoms with E-state index in [1.54, 1.807) is 11.9 Å².